The van der Waals surface area contributed by atoms with Crippen LogP contribution >= 0.6 is 0 Å². The number of carbonyl (C=O) groups excluding carboxylic acids is 1. The minimum Gasteiger partial charge on any atom is -0.442 e. The van der Waals surface area contributed by atoms with Gasteiger partial charge in [0.1, 0.15) is 11.9 Å². The van der Waals surface area contributed by atoms with Crippen molar-refractivity contribution in [3.63, 3.8) is 0 Å². The topological polar surface area (TPSA) is 52.3 Å². The largest absolute Gasteiger partial charge is 0.442 e. The number of carbonyl (C=O) groups is 1. The van der Waals surface area contributed by atoms with Crippen molar-refractivity contribution in [2.75, 3.05) is 0 Å². The molecule has 1 aliphatic rings. The first kappa shape index (κ1) is 13.6. The molecule has 0 aliphatic heterocycles. The van der Waals surface area contributed by atoms with Crippen LogP contribution in [0.15, 0.2) is 42.5 Å². The Bertz CT molecular complexity index is 684. The van der Waals surface area contributed by atoms with Gasteiger partial charge in [-0.15, -0.1) is 0 Å². The summed E-state index contributed by atoms with van der Waals surface area (Å²) in [6.45, 7) is 0. The zero-order valence-corrected chi connectivity index (χ0v) is 11.5. The summed E-state index contributed by atoms with van der Waals surface area (Å²) in [6, 6.07) is 12.4. The molecule has 0 bridgehead atoms. The van der Waals surface area contributed by atoms with E-state index in [9.17, 15) is 9.18 Å². The first-order valence-electron chi connectivity index (χ1n) is 6.99. The lowest BCUT2D eigenvalue weighted by Gasteiger charge is -2.25. The highest BCUT2D eigenvalue weighted by molar-refractivity contribution is 5.67. The Morgan fingerprint density at radius 1 is 1.24 bits per heavy atom. The summed E-state index contributed by atoms with van der Waals surface area (Å²) in [5.41, 5.74) is 8.59. The number of nitrogens with two attached hydrogens (primary N) is 1. The molecule has 0 radical (unpaired) electrons. The number of fused-ring (bicyclic) bond motifs is 1. The fraction of sp³-hybridized carbons (Fsp3) is 0.235. The van der Waals surface area contributed by atoms with Crippen LogP contribution in [0.2, 0.25) is 0 Å². The predicted octanol–water partition coefficient (Wildman–Crippen LogP) is 3.97. The second-order valence-corrected chi connectivity index (χ2v) is 5.21. The van der Waals surface area contributed by atoms with Crippen molar-refractivity contribution in [2.24, 2.45) is 5.73 Å². The number of hydrogen-bond donors (Lipinski definition) is 1. The summed E-state index contributed by atoms with van der Waals surface area (Å²) in [6.07, 6.45) is 1.55. The molecule has 4 heteroatoms. The molecule has 1 atom stereocenters. The molecule has 2 aromatic rings. The van der Waals surface area contributed by atoms with Gasteiger partial charge in [-0.1, -0.05) is 36.4 Å². The number of ether oxygens (including phenoxy) is 1. The van der Waals surface area contributed by atoms with E-state index in [0.29, 0.717) is 5.56 Å². The monoisotopic (exact) mass is 285 g/mol. The first-order chi connectivity index (χ1) is 10.1. The molecule has 0 saturated carbocycles. The minimum absolute atomic E-state index is 0.238. The fourth-order valence-electron chi connectivity index (χ4n) is 2.90. The van der Waals surface area contributed by atoms with Crippen LogP contribution in [0.1, 0.15) is 30.1 Å². The maximum atomic E-state index is 13.9. The summed E-state index contributed by atoms with van der Waals surface area (Å²) in [4.78, 5) is 11.0. The van der Waals surface area contributed by atoms with E-state index in [4.69, 9.17) is 10.5 Å². The third kappa shape index (κ3) is 2.75. The van der Waals surface area contributed by atoms with Crippen molar-refractivity contribution in [3.05, 3.63) is 59.4 Å². The van der Waals surface area contributed by atoms with E-state index in [1.54, 1.807) is 12.1 Å². The van der Waals surface area contributed by atoms with Crippen molar-refractivity contribution in [1.82, 2.24) is 0 Å². The van der Waals surface area contributed by atoms with E-state index in [0.717, 1.165) is 36.0 Å². The highest BCUT2D eigenvalue weighted by Gasteiger charge is 2.23. The molecular weight excluding hydrogens is 269 g/mol. The zero-order chi connectivity index (χ0) is 14.8. The van der Waals surface area contributed by atoms with Gasteiger partial charge in [0.05, 0.1) is 0 Å². The average Bonchev–Trinajstić information content (AvgIpc) is 2.47. The van der Waals surface area contributed by atoms with E-state index in [1.165, 1.54) is 6.07 Å². The van der Waals surface area contributed by atoms with E-state index >= 15 is 0 Å². The van der Waals surface area contributed by atoms with Crippen LogP contribution in [0.4, 0.5) is 9.18 Å². The summed E-state index contributed by atoms with van der Waals surface area (Å²) < 4.78 is 19.0. The second-order valence-electron chi connectivity index (χ2n) is 5.21. The highest BCUT2D eigenvalue weighted by atomic mass is 19.1. The quantitative estimate of drug-likeness (QED) is 0.907. The normalized spacial score (nSPS) is 17.1. The van der Waals surface area contributed by atoms with Crippen LogP contribution in [0.5, 0.6) is 0 Å². The van der Waals surface area contributed by atoms with Crippen molar-refractivity contribution in [1.29, 1.82) is 0 Å². The molecular formula is C17H16FNO2. The van der Waals surface area contributed by atoms with Gasteiger partial charge in [-0.2, -0.15) is 0 Å². The van der Waals surface area contributed by atoms with Crippen LogP contribution in [0, 0.1) is 5.82 Å². The Hall–Kier alpha value is -2.36. The van der Waals surface area contributed by atoms with E-state index < -0.39 is 6.09 Å². The number of halogens is 1. The van der Waals surface area contributed by atoms with Gasteiger partial charge in [0.2, 0.25) is 0 Å². The highest BCUT2D eigenvalue weighted by Crippen LogP contribution is 2.35. The van der Waals surface area contributed by atoms with E-state index in [2.05, 4.69) is 0 Å². The standard InChI is InChI=1S/C17H16FNO2/c18-15-6-2-1-5-13(15)12-8-9-14-11(10-12)4-3-7-16(14)21-17(19)20/h1-2,5-6,8-10,16H,3-4,7H2,(H2,19,20). The molecule has 3 nitrogen and oxygen atoms in total. The molecule has 0 heterocycles. The second kappa shape index (κ2) is 5.56. The van der Waals surface area contributed by atoms with Gasteiger partial charge >= 0.3 is 6.09 Å². The van der Waals surface area contributed by atoms with Crippen molar-refractivity contribution >= 4 is 6.09 Å². The van der Waals surface area contributed by atoms with Gasteiger partial charge < -0.3 is 10.5 Å². The molecule has 0 saturated heterocycles. The van der Waals surface area contributed by atoms with Crippen molar-refractivity contribution < 1.29 is 13.9 Å². The van der Waals surface area contributed by atoms with Crippen LogP contribution in [0.3, 0.4) is 0 Å². The number of benzene rings is 2. The molecule has 0 fully saturated rings. The Morgan fingerprint density at radius 3 is 2.81 bits per heavy atom. The third-order valence-electron chi connectivity index (χ3n) is 3.85. The van der Waals surface area contributed by atoms with Gasteiger partial charge in [0.15, 0.2) is 0 Å². The molecule has 1 unspecified atom stereocenters. The third-order valence-corrected chi connectivity index (χ3v) is 3.85. The van der Waals surface area contributed by atoms with Crippen molar-refractivity contribution in [2.45, 2.75) is 25.4 Å². The van der Waals surface area contributed by atoms with Gasteiger partial charge in [-0.3, -0.25) is 0 Å². The lowest BCUT2D eigenvalue weighted by atomic mass is 9.87. The Morgan fingerprint density at radius 2 is 2.05 bits per heavy atom. The maximum absolute atomic E-state index is 13.9. The number of primary amides is 1. The molecule has 0 aromatic heterocycles. The van der Waals surface area contributed by atoms with Gasteiger partial charge in [0, 0.05) is 5.56 Å². The van der Waals surface area contributed by atoms with Gasteiger partial charge in [-0.25, -0.2) is 9.18 Å². The van der Waals surface area contributed by atoms with Crippen LogP contribution < -0.4 is 5.73 Å². The first-order valence-corrected chi connectivity index (χ1v) is 6.99. The lowest BCUT2D eigenvalue weighted by molar-refractivity contribution is 0.0959. The summed E-state index contributed by atoms with van der Waals surface area (Å²) in [5.74, 6) is -0.238. The average molecular weight is 285 g/mol. The zero-order valence-electron chi connectivity index (χ0n) is 11.5. The number of aryl methyl sites for hydroxylation is 1. The smallest absolute Gasteiger partial charge is 0.405 e. The summed E-state index contributed by atoms with van der Waals surface area (Å²) in [7, 11) is 0. The molecule has 3 rings (SSSR count). The molecule has 1 aliphatic carbocycles. The molecule has 0 spiro atoms. The Kier molecular flexibility index (Phi) is 3.60. The van der Waals surface area contributed by atoms with Crippen LogP contribution in [0.25, 0.3) is 11.1 Å². The minimum atomic E-state index is -0.758. The fourth-order valence-corrected chi connectivity index (χ4v) is 2.90. The summed E-state index contributed by atoms with van der Waals surface area (Å²) in [5, 5.41) is 0. The number of hydrogen-bond acceptors (Lipinski definition) is 2. The number of amides is 1. The molecule has 1 amide bonds. The molecule has 2 N–H and O–H groups in total. The number of rotatable bonds is 2. The van der Waals surface area contributed by atoms with E-state index in [-0.39, 0.29) is 11.9 Å². The van der Waals surface area contributed by atoms with Crippen LogP contribution in [-0.2, 0) is 11.2 Å². The molecule has 21 heavy (non-hydrogen) atoms. The molecule has 108 valence electrons. The SMILES string of the molecule is NC(=O)OC1CCCc2cc(-c3ccccc3F)ccc21. The van der Waals surface area contributed by atoms with Gasteiger partial charge in [0.25, 0.3) is 0 Å². The predicted molar refractivity (Wildman–Crippen MR) is 78.2 cm³/mol. The Balaban J connectivity index is 1.98. The summed E-state index contributed by atoms with van der Waals surface area (Å²) >= 11 is 0. The lowest BCUT2D eigenvalue weighted by Crippen LogP contribution is -2.20. The Labute approximate surface area is 122 Å². The van der Waals surface area contributed by atoms with Gasteiger partial charge in [-0.05, 0) is 42.0 Å². The van der Waals surface area contributed by atoms with E-state index in [1.807, 2.05) is 24.3 Å². The van der Waals surface area contributed by atoms with Crippen LogP contribution in [-0.4, -0.2) is 6.09 Å². The molecule has 2 aromatic carbocycles. The maximum Gasteiger partial charge on any atom is 0.405 e. The van der Waals surface area contributed by atoms with Crippen molar-refractivity contribution in [3.8, 4) is 11.1 Å².